The van der Waals surface area contributed by atoms with E-state index in [2.05, 4.69) is 61.5 Å². The Morgan fingerprint density at radius 2 is 1.48 bits per heavy atom. The van der Waals surface area contributed by atoms with Crippen LogP contribution in [0.4, 0.5) is 0 Å². The van der Waals surface area contributed by atoms with Crippen LogP contribution in [0.3, 0.4) is 0 Å². The van der Waals surface area contributed by atoms with Gasteiger partial charge in [0.1, 0.15) is 5.75 Å². The maximum Gasteiger partial charge on any atom is 0.119 e. The van der Waals surface area contributed by atoms with Crippen molar-refractivity contribution >= 4 is 0 Å². The highest BCUT2D eigenvalue weighted by molar-refractivity contribution is 5.82. The normalized spacial score (nSPS) is 48.3. The zero-order chi connectivity index (χ0) is 21.5. The number of ether oxygens (including phenoxy) is 1. The van der Waals surface area contributed by atoms with Gasteiger partial charge in [-0.2, -0.15) is 0 Å². The molecule has 0 N–H and O–H groups in total. The topological polar surface area (TPSA) is 9.23 Å². The van der Waals surface area contributed by atoms with Crippen LogP contribution in [-0.4, -0.2) is 6.61 Å². The summed E-state index contributed by atoms with van der Waals surface area (Å²) in [5, 5.41) is 0. The van der Waals surface area contributed by atoms with Gasteiger partial charge in [-0.3, -0.25) is 0 Å². The third kappa shape index (κ3) is 2.01. The molecular formula is C32H34O. The summed E-state index contributed by atoms with van der Waals surface area (Å²) in [4.78, 5) is 0. The summed E-state index contributed by atoms with van der Waals surface area (Å²) in [6.45, 7) is 2.85. The SMILES string of the molecule is CCOc1ccc2c(c1)C1(CC3C(C1)C1CC3C3CC4C5C=CC(C5)C4C13)c1ccccc1-2. The highest BCUT2D eigenvalue weighted by atomic mass is 16.5. The third-order valence-corrected chi connectivity index (χ3v) is 12.1. The van der Waals surface area contributed by atoms with Crippen molar-refractivity contribution in [2.45, 2.75) is 44.4 Å². The van der Waals surface area contributed by atoms with E-state index in [1.54, 1.807) is 24.0 Å². The van der Waals surface area contributed by atoms with Gasteiger partial charge in [-0.05, 0) is 133 Å². The second kappa shape index (κ2) is 5.96. The molecule has 0 saturated heterocycles. The zero-order valence-corrected chi connectivity index (χ0v) is 19.6. The number of hydrogen-bond acceptors (Lipinski definition) is 1. The molecule has 0 radical (unpaired) electrons. The molecule has 1 nitrogen and oxygen atoms in total. The quantitative estimate of drug-likeness (QED) is 0.458. The third-order valence-electron chi connectivity index (χ3n) is 12.1. The van der Waals surface area contributed by atoms with Gasteiger partial charge in [0, 0.05) is 5.41 Å². The standard InChI is InChI=1S/C32H34O/c1-2-33-19-9-10-21-20-5-3-4-6-28(20)32(29(21)12-19)15-26-23-14-25(27(26)16-32)31-24(23)13-22-17-7-8-18(11-17)30(22)31/h3-10,12,17-18,22-27,30-31H,2,11,13-16H2,1H3. The number of rotatable bonds is 2. The molecule has 1 spiro atoms. The van der Waals surface area contributed by atoms with Crippen LogP contribution in [0.25, 0.3) is 11.1 Å². The lowest BCUT2D eigenvalue weighted by atomic mass is 9.67. The predicted octanol–water partition coefficient (Wildman–Crippen LogP) is 7.10. The average Bonchev–Trinajstić information content (AvgIpc) is 3.65. The molecule has 0 amide bonds. The van der Waals surface area contributed by atoms with Gasteiger partial charge in [0.05, 0.1) is 6.61 Å². The molecule has 0 aliphatic heterocycles. The molecule has 2 aromatic rings. The Kier molecular flexibility index (Phi) is 3.31. The molecule has 7 aliphatic carbocycles. The van der Waals surface area contributed by atoms with Crippen molar-refractivity contribution in [1.82, 2.24) is 0 Å². The molecule has 11 atom stereocenters. The van der Waals surface area contributed by atoms with E-state index in [9.17, 15) is 0 Å². The highest BCUT2D eigenvalue weighted by Gasteiger charge is 2.70. The van der Waals surface area contributed by atoms with E-state index in [1.807, 2.05) is 0 Å². The van der Waals surface area contributed by atoms with Crippen molar-refractivity contribution in [3.05, 3.63) is 65.7 Å². The molecule has 168 valence electrons. The molecule has 5 saturated carbocycles. The van der Waals surface area contributed by atoms with E-state index in [-0.39, 0.29) is 5.41 Å². The Hall–Kier alpha value is -2.02. The number of fused-ring (bicyclic) bond motifs is 19. The van der Waals surface area contributed by atoms with Crippen LogP contribution in [-0.2, 0) is 5.41 Å². The minimum Gasteiger partial charge on any atom is -0.494 e. The van der Waals surface area contributed by atoms with Crippen LogP contribution in [0.15, 0.2) is 54.6 Å². The summed E-state index contributed by atoms with van der Waals surface area (Å²) in [5.41, 5.74) is 6.45. The minimum absolute atomic E-state index is 0.234. The van der Waals surface area contributed by atoms with Crippen LogP contribution < -0.4 is 4.74 Å². The van der Waals surface area contributed by atoms with E-state index < -0.39 is 0 Å². The fourth-order valence-corrected chi connectivity index (χ4v) is 11.5. The number of hydrogen-bond donors (Lipinski definition) is 0. The van der Waals surface area contributed by atoms with E-state index in [0.717, 1.165) is 71.5 Å². The van der Waals surface area contributed by atoms with Crippen LogP contribution in [0.1, 0.15) is 50.2 Å². The Labute approximate surface area is 197 Å². The molecule has 7 aliphatic rings. The van der Waals surface area contributed by atoms with Gasteiger partial charge in [-0.1, -0.05) is 42.5 Å². The van der Waals surface area contributed by atoms with Crippen LogP contribution in [0, 0.1) is 59.2 Å². The Balaban J connectivity index is 1.14. The maximum absolute atomic E-state index is 6.01. The molecule has 0 aromatic heterocycles. The smallest absolute Gasteiger partial charge is 0.119 e. The van der Waals surface area contributed by atoms with E-state index >= 15 is 0 Å². The van der Waals surface area contributed by atoms with Gasteiger partial charge >= 0.3 is 0 Å². The van der Waals surface area contributed by atoms with E-state index in [0.29, 0.717) is 0 Å². The molecule has 2 aromatic carbocycles. The van der Waals surface area contributed by atoms with Gasteiger partial charge in [0.2, 0.25) is 0 Å². The molecular weight excluding hydrogens is 400 g/mol. The summed E-state index contributed by atoms with van der Waals surface area (Å²) in [7, 11) is 0. The fraction of sp³-hybridized carbons (Fsp3) is 0.562. The first-order valence-corrected chi connectivity index (χ1v) is 13.8. The lowest BCUT2D eigenvalue weighted by molar-refractivity contribution is 0.102. The Morgan fingerprint density at radius 1 is 0.727 bits per heavy atom. The lowest BCUT2D eigenvalue weighted by Crippen LogP contribution is -2.33. The Morgan fingerprint density at radius 3 is 2.39 bits per heavy atom. The van der Waals surface area contributed by atoms with Crippen molar-refractivity contribution in [3.8, 4) is 16.9 Å². The summed E-state index contributed by atoms with van der Waals surface area (Å²) in [5.74, 6) is 11.1. The van der Waals surface area contributed by atoms with Gasteiger partial charge in [-0.25, -0.2) is 0 Å². The molecule has 1 heteroatoms. The molecule has 33 heavy (non-hydrogen) atoms. The van der Waals surface area contributed by atoms with Crippen LogP contribution >= 0.6 is 0 Å². The van der Waals surface area contributed by atoms with Crippen molar-refractivity contribution in [2.75, 3.05) is 6.61 Å². The first kappa shape index (κ1) is 18.3. The largest absolute Gasteiger partial charge is 0.494 e. The molecule has 9 rings (SSSR count). The predicted molar refractivity (Wildman–Crippen MR) is 131 cm³/mol. The van der Waals surface area contributed by atoms with Crippen LogP contribution in [0.2, 0.25) is 0 Å². The summed E-state index contributed by atoms with van der Waals surface area (Å²) >= 11 is 0. The van der Waals surface area contributed by atoms with Gasteiger partial charge < -0.3 is 4.74 Å². The fourth-order valence-electron chi connectivity index (χ4n) is 11.5. The zero-order valence-electron chi connectivity index (χ0n) is 19.6. The summed E-state index contributed by atoms with van der Waals surface area (Å²) in [6, 6.07) is 16.4. The van der Waals surface area contributed by atoms with Gasteiger partial charge in [-0.15, -0.1) is 0 Å². The van der Waals surface area contributed by atoms with Crippen molar-refractivity contribution in [1.29, 1.82) is 0 Å². The second-order valence-corrected chi connectivity index (χ2v) is 12.7. The first-order chi connectivity index (χ1) is 16.3. The maximum atomic E-state index is 6.01. The second-order valence-electron chi connectivity index (χ2n) is 12.7. The van der Waals surface area contributed by atoms with Crippen LogP contribution in [0.5, 0.6) is 5.75 Å². The van der Waals surface area contributed by atoms with Crippen molar-refractivity contribution in [2.24, 2.45) is 59.2 Å². The van der Waals surface area contributed by atoms with Gasteiger partial charge in [0.25, 0.3) is 0 Å². The summed E-state index contributed by atoms with van der Waals surface area (Å²) < 4.78 is 6.01. The molecule has 11 unspecified atom stereocenters. The molecule has 4 bridgehead atoms. The molecule has 0 heterocycles. The monoisotopic (exact) mass is 434 g/mol. The first-order valence-electron chi connectivity index (χ1n) is 13.8. The van der Waals surface area contributed by atoms with Gasteiger partial charge in [0.15, 0.2) is 0 Å². The summed E-state index contributed by atoms with van der Waals surface area (Å²) in [6.07, 6.45) is 12.7. The minimum atomic E-state index is 0.234. The lowest BCUT2D eigenvalue weighted by Gasteiger charge is -2.38. The van der Waals surface area contributed by atoms with Crippen molar-refractivity contribution in [3.63, 3.8) is 0 Å². The molecule has 5 fully saturated rings. The Bertz CT molecular complexity index is 1210. The van der Waals surface area contributed by atoms with Crippen molar-refractivity contribution < 1.29 is 4.74 Å². The van der Waals surface area contributed by atoms with E-state index in [4.69, 9.17) is 4.74 Å². The number of benzene rings is 2. The number of allylic oxidation sites excluding steroid dienone is 2. The average molecular weight is 435 g/mol. The highest BCUT2D eigenvalue weighted by Crippen LogP contribution is 2.76. The van der Waals surface area contributed by atoms with E-state index in [1.165, 1.54) is 30.4 Å².